The molecular weight excluding hydrogens is 258 g/mol. The maximum atomic E-state index is 4.50. The third-order valence-electron chi connectivity index (χ3n) is 2.78. The van der Waals surface area contributed by atoms with Crippen LogP contribution in [-0.2, 0) is 7.05 Å². The molecule has 5 nitrogen and oxygen atoms in total. The van der Waals surface area contributed by atoms with Crippen LogP contribution in [0.4, 0.5) is 0 Å². The molecule has 1 atom stereocenters. The molecule has 1 N–H and O–H groups in total. The molecule has 1 unspecified atom stereocenters. The largest absolute Gasteiger partial charge is 0.311 e. The van der Waals surface area contributed by atoms with Gasteiger partial charge in [-0.15, -0.1) is 10.2 Å². The van der Waals surface area contributed by atoms with Gasteiger partial charge < -0.3 is 9.88 Å². The van der Waals surface area contributed by atoms with E-state index in [9.17, 15) is 0 Å². The summed E-state index contributed by atoms with van der Waals surface area (Å²) in [7, 11) is 1.93. The van der Waals surface area contributed by atoms with Crippen molar-refractivity contribution in [3.05, 3.63) is 30.4 Å². The summed E-state index contributed by atoms with van der Waals surface area (Å²) >= 11 is 1.57. The van der Waals surface area contributed by atoms with Gasteiger partial charge in [0.2, 0.25) is 0 Å². The van der Waals surface area contributed by atoms with Crippen LogP contribution in [0.1, 0.15) is 32.0 Å². The van der Waals surface area contributed by atoms with Gasteiger partial charge in [0.25, 0.3) is 0 Å². The Bertz CT molecular complexity index is 508. The summed E-state index contributed by atoms with van der Waals surface area (Å²) in [6.45, 7) is 5.31. The fourth-order valence-corrected chi connectivity index (χ4v) is 2.38. The molecular formula is C13H19N5S. The highest BCUT2D eigenvalue weighted by atomic mass is 32.2. The standard InChI is InChI=1S/C13H19N5S/c1-4-7-14-10(2)12-6-5-11(8-15-12)19-13-17-16-9-18(13)3/h5-6,8-10,14H,4,7H2,1-3H3. The molecule has 0 amide bonds. The van der Waals surface area contributed by atoms with E-state index in [0.29, 0.717) is 0 Å². The molecule has 2 aromatic rings. The lowest BCUT2D eigenvalue weighted by molar-refractivity contribution is 0.558. The smallest absolute Gasteiger partial charge is 0.195 e. The molecule has 0 fully saturated rings. The molecule has 0 saturated heterocycles. The minimum atomic E-state index is 0.286. The third-order valence-corrected chi connectivity index (χ3v) is 3.81. The van der Waals surface area contributed by atoms with E-state index in [0.717, 1.165) is 28.7 Å². The van der Waals surface area contributed by atoms with Crippen LogP contribution in [0.5, 0.6) is 0 Å². The first-order valence-corrected chi connectivity index (χ1v) is 7.23. The third kappa shape index (κ3) is 3.78. The molecule has 0 radical (unpaired) electrons. The van der Waals surface area contributed by atoms with Crippen molar-refractivity contribution in [2.45, 2.75) is 36.4 Å². The molecule has 0 aliphatic carbocycles. The maximum Gasteiger partial charge on any atom is 0.195 e. The van der Waals surface area contributed by atoms with Crippen molar-refractivity contribution in [3.8, 4) is 0 Å². The molecule has 0 bridgehead atoms. The fraction of sp³-hybridized carbons (Fsp3) is 0.462. The van der Waals surface area contributed by atoms with Crippen LogP contribution in [0.25, 0.3) is 0 Å². The molecule has 19 heavy (non-hydrogen) atoms. The molecule has 0 aromatic carbocycles. The summed E-state index contributed by atoms with van der Waals surface area (Å²) in [6, 6.07) is 4.42. The molecule has 0 saturated carbocycles. The summed E-state index contributed by atoms with van der Waals surface area (Å²) in [5, 5.41) is 12.2. The highest BCUT2D eigenvalue weighted by molar-refractivity contribution is 7.99. The highest BCUT2D eigenvalue weighted by Crippen LogP contribution is 2.25. The molecule has 0 aliphatic rings. The molecule has 2 heterocycles. The number of rotatable bonds is 6. The lowest BCUT2D eigenvalue weighted by Gasteiger charge is -2.12. The number of hydrogen-bond donors (Lipinski definition) is 1. The van der Waals surface area contributed by atoms with Gasteiger partial charge in [0.15, 0.2) is 5.16 Å². The first-order chi connectivity index (χ1) is 9.20. The maximum absolute atomic E-state index is 4.50. The molecule has 0 spiro atoms. The predicted molar refractivity (Wildman–Crippen MR) is 76.1 cm³/mol. The zero-order chi connectivity index (χ0) is 13.7. The van der Waals surface area contributed by atoms with Crippen molar-refractivity contribution in [2.24, 2.45) is 7.05 Å². The van der Waals surface area contributed by atoms with Crippen LogP contribution >= 0.6 is 11.8 Å². The lowest BCUT2D eigenvalue weighted by atomic mass is 10.2. The monoisotopic (exact) mass is 277 g/mol. The Morgan fingerprint density at radius 1 is 1.42 bits per heavy atom. The number of aromatic nitrogens is 4. The fourth-order valence-electron chi connectivity index (χ4n) is 1.64. The van der Waals surface area contributed by atoms with E-state index in [4.69, 9.17) is 0 Å². The molecule has 2 rings (SSSR count). The van der Waals surface area contributed by atoms with Crippen LogP contribution in [-0.4, -0.2) is 26.3 Å². The number of hydrogen-bond acceptors (Lipinski definition) is 5. The topological polar surface area (TPSA) is 55.6 Å². The van der Waals surface area contributed by atoms with E-state index in [1.807, 2.05) is 17.8 Å². The molecule has 6 heteroatoms. The van der Waals surface area contributed by atoms with Crippen molar-refractivity contribution in [2.75, 3.05) is 6.54 Å². The van der Waals surface area contributed by atoms with Gasteiger partial charge in [0, 0.05) is 24.2 Å². The summed E-state index contributed by atoms with van der Waals surface area (Å²) in [5.74, 6) is 0. The van der Waals surface area contributed by atoms with Gasteiger partial charge in [0.05, 0.1) is 5.69 Å². The second-order valence-corrected chi connectivity index (χ2v) is 5.46. The van der Waals surface area contributed by atoms with E-state index >= 15 is 0 Å². The Morgan fingerprint density at radius 2 is 2.26 bits per heavy atom. The van der Waals surface area contributed by atoms with Crippen LogP contribution in [0, 0.1) is 0 Å². The number of aryl methyl sites for hydroxylation is 1. The first-order valence-electron chi connectivity index (χ1n) is 6.42. The minimum absolute atomic E-state index is 0.286. The molecule has 0 aliphatic heterocycles. The second kappa shape index (κ2) is 6.68. The summed E-state index contributed by atoms with van der Waals surface area (Å²) < 4.78 is 1.89. The average molecular weight is 277 g/mol. The normalized spacial score (nSPS) is 12.6. The number of pyridine rings is 1. The highest BCUT2D eigenvalue weighted by Gasteiger charge is 2.07. The van der Waals surface area contributed by atoms with Crippen LogP contribution in [0.15, 0.2) is 34.7 Å². The Labute approximate surface area is 117 Å². The molecule has 2 aromatic heterocycles. The first kappa shape index (κ1) is 14.0. The lowest BCUT2D eigenvalue weighted by Crippen LogP contribution is -2.20. The van der Waals surface area contributed by atoms with Gasteiger partial charge in [0.1, 0.15) is 6.33 Å². The number of nitrogens with one attached hydrogen (secondary N) is 1. The predicted octanol–water partition coefficient (Wildman–Crippen LogP) is 2.42. The van der Waals surface area contributed by atoms with Crippen molar-refractivity contribution in [1.82, 2.24) is 25.1 Å². The van der Waals surface area contributed by atoms with Crippen molar-refractivity contribution in [3.63, 3.8) is 0 Å². The van der Waals surface area contributed by atoms with Gasteiger partial charge in [-0.05, 0) is 43.8 Å². The Balaban J connectivity index is 2.00. The Kier molecular flexibility index (Phi) is 4.93. The molecule has 102 valence electrons. The number of nitrogens with zero attached hydrogens (tertiary/aromatic N) is 4. The van der Waals surface area contributed by atoms with Gasteiger partial charge in [-0.3, -0.25) is 4.98 Å². The Hall–Kier alpha value is -1.40. The van der Waals surface area contributed by atoms with Crippen LogP contribution in [0.2, 0.25) is 0 Å². The minimum Gasteiger partial charge on any atom is -0.311 e. The second-order valence-electron chi connectivity index (χ2n) is 4.42. The van der Waals surface area contributed by atoms with Crippen LogP contribution in [0.3, 0.4) is 0 Å². The van der Waals surface area contributed by atoms with Crippen molar-refractivity contribution < 1.29 is 0 Å². The van der Waals surface area contributed by atoms with E-state index < -0.39 is 0 Å². The zero-order valence-corrected chi connectivity index (χ0v) is 12.3. The summed E-state index contributed by atoms with van der Waals surface area (Å²) in [6.07, 6.45) is 4.71. The van der Waals surface area contributed by atoms with Gasteiger partial charge >= 0.3 is 0 Å². The van der Waals surface area contributed by atoms with E-state index in [1.54, 1.807) is 18.1 Å². The van der Waals surface area contributed by atoms with Gasteiger partial charge in [-0.2, -0.15) is 0 Å². The van der Waals surface area contributed by atoms with E-state index in [-0.39, 0.29) is 6.04 Å². The van der Waals surface area contributed by atoms with Gasteiger partial charge in [-0.25, -0.2) is 0 Å². The van der Waals surface area contributed by atoms with Crippen LogP contribution < -0.4 is 5.32 Å². The van der Waals surface area contributed by atoms with E-state index in [2.05, 4.69) is 46.5 Å². The van der Waals surface area contributed by atoms with E-state index in [1.165, 1.54) is 0 Å². The SMILES string of the molecule is CCCNC(C)c1ccc(Sc2nncn2C)cn1. The zero-order valence-electron chi connectivity index (χ0n) is 11.5. The van der Waals surface area contributed by atoms with Crippen molar-refractivity contribution >= 4 is 11.8 Å². The quantitative estimate of drug-likeness (QED) is 0.879. The van der Waals surface area contributed by atoms with Crippen molar-refractivity contribution in [1.29, 1.82) is 0 Å². The average Bonchev–Trinajstić information content (AvgIpc) is 2.82. The van der Waals surface area contributed by atoms with Gasteiger partial charge in [-0.1, -0.05) is 6.92 Å². The summed E-state index contributed by atoms with van der Waals surface area (Å²) in [5.41, 5.74) is 1.07. The Morgan fingerprint density at radius 3 is 2.84 bits per heavy atom. The summed E-state index contributed by atoms with van der Waals surface area (Å²) in [4.78, 5) is 5.57.